The van der Waals surface area contributed by atoms with Crippen LogP contribution in [0.5, 0.6) is 57.5 Å². The Morgan fingerprint density at radius 2 is 0.527 bits per heavy atom. The first kappa shape index (κ1) is 111. The van der Waals surface area contributed by atoms with Crippen LogP contribution in [0.1, 0.15) is 107 Å². The Hall–Kier alpha value is -19.2. The molecule has 35 heteroatoms. The van der Waals surface area contributed by atoms with E-state index in [1.54, 1.807) is 292 Å². The summed E-state index contributed by atoms with van der Waals surface area (Å²) in [4.78, 5) is 94.9. The number of nitro groups is 1. The number of pyridine rings is 5. The quantitative estimate of drug-likeness (QED) is 0.00557. The molecule has 15 aromatic rings. The topological polar surface area (TPSA) is 499 Å². The van der Waals surface area contributed by atoms with Gasteiger partial charge in [-0.15, -0.1) is 0 Å². The number of nitro benzene ring substituents is 1. The fraction of sp³-hybridized carbons (Fsp3) is 0.130. The summed E-state index contributed by atoms with van der Waals surface area (Å²) >= 11 is 0. The smallest absolute Gasteiger partial charge is 0.311 e. The minimum absolute atomic E-state index is 0.0805. The third-order valence-corrected chi connectivity index (χ3v) is 22.3. The summed E-state index contributed by atoms with van der Waals surface area (Å²) in [5, 5.41) is 74.1. The highest BCUT2D eigenvalue weighted by Crippen LogP contribution is 2.37. The largest absolute Gasteiger partial charge is 0.497 e. The highest BCUT2D eigenvalue weighted by Gasteiger charge is 2.21. The van der Waals surface area contributed by atoms with E-state index in [0.717, 1.165) is 45.0 Å². The van der Waals surface area contributed by atoms with Crippen LogP contribution in [0.15, 0.2) is 316 Å². The number of carbonyl (C=O) groups excluding carboxylic acids is 5. The minimum atomic E-state index is -0.598. The zero-order valence-corrected chi connectivity index (χ0v) is 83.5. The van der Waals surface area contributed by atoms with Gasteiger partial charge in [-0.05, 0) is 249 Å². The van der Waals surface area contributed by atoms with Crippen LogP contribution in [0.25, 0.3) is 30.4 Å². The number of nitrogen functional groups attached to an aromatic ring is 2. The Labute approximate surface area is 865 Å². The van der Waals surface area contributed by atoms with E-state index >= 15 is 0 Å². The number of rotatable bonds is 41. The number of methoxy groups -OCH3 is 10. The standard InChI is InChI=1S/C24H24N2O5.C23H21N3O6.C23H23N3O4.C23H22N2O4.C22H21N3O3/c1-29-21-11-8-17(13-23(21)31-3)20(28)10-7-16-5-4-12-25-24(16)26-19-9-6-18(15-27)22(14-19)30-2;1-31-21-10-7-16(12-19(21)26(29)30)20(28)9-6-15-4-3-11-24-23(15)25-18-8-5-17(14-27)22(13-18)32-2;1-29-21-10-7-16(12-19(21)24)20(28)9-6-15-4-3-11-25-23(15)26-18-8-5-17(14-27)22(13-18)30-2;1-28-20-10-6-16(7-11-20)21(27)12-8-17-4-3-13-24-23(17)25-19-9-5-18(15-26)22(14-19)29-2;1-28-21-13-19(10-6-17(21)14-26)25-22-16(3-2-12-24-22)7-11-20(27)15-4-8-18(23)9-5-15/h4-14,27H,15H2,1-3H3,(H,25,26);3-13,27H,14H2,1-2H3,(H,24,25);3-13,27H,14,24H2,1-2H3,(H,25,26);3-14,26H,15H2,1-2H3,(H,24,25);2-13,26H,14,23H2,1H3,(H,24,25)/b10-7+;2*9-6+;12-8+;11-7+. The van der Waals surface area contributed by atoms with E-state index in [4.69, 9.17) is 58.8 Å². The van der Waals surface area contributed by atoms with Crippen LogP contribution in [0.2, 0.25) is 0 Å². The molecular weight excluding hydrogens is 1920 g/mol. The number of nitrogens with zero attached hydrogens (tertiary/aromatic N) is 6. The molecule has 0 unspecified atom stereocenters. The van der Waals surface area contributed by atoms with Gasteiger partial charge in [-0.2, -0.15) is 0 Å². The van der Waals surface area contributed by atoms with Crippen molar-refractivity contribution >= 4 is 134 Å². The van der Waals surface area contributed by atoms with Crippen LogP contribution in [0.4, 0.5) is 74.6 Å². The lowest BCUT2D eigenvalue weighted by molar-refractivity contribution is -0.385. The first-order valence-corrected chi connectivity index (χ1v) is 45.9. The SMILES string of the molecule is COc1cc(Nc2ncccc2/C=C/C(=O)c2ccc(N)cc2)ccc1CO.COc1cc(Nc2ncccc2/C=C/C(=O)c2ccc(OC)c(OC)c2)ccc1CO.COc1cc(Nc2ncccc2/C=C/C(=O)c2ccc(OC)c([N+](=O)[O-])c2)ccc1CO.COc1ccc(C(=O)/C=C/c2cccnc2Nc2ccc(CO)c(OC)c2)cc1.COc1ccc(C(=O)/C=C/c2cccnc2Nc2ccc(CO)c(OC)c2)cc1N. The van der Waals surface area contributed by atoms with Gasteiger partial charge in [-0.3, -0.25) is 34.1 Å². The molecule has 5 aromatic heterocycles. The molecule has 0 atom stereocenters. The molecule has 0 aliphatic rings. The van der Waals surface area contributed by atoms with E-state index in [1.807, 2.05) is 48.5 Å². The maximum Gasteiger partial charge on any atom is 0.311 e. The molecule has 0 radical (unpaired) electrons. The summed E-state index contributed by atoms with van der Waals surface area (Å²) in [5.41, 5.74) is 25.3. The number of nitrogens with two attached hydrogens (primary N) is 2. The third kappa shape index (κ3) is 31.4. The van der Waals surface area contributed by atoms with Crippen molar-refractivity contribution in [3.8, 4) is 57.5 Å². The molecule has 0 aliphatic heterocycles. The summed E-state index contributed by atoms with van der Waals surface area (Å²) in [6.07, 6.45) is 24.0. The van der Waals surface area contributed by atoms with Gasteiger partial charge in [0, 0.05) is 185 Å². The van der Waals surface area contributed by atoms with Crippen LogP contribution in [-0.4, -0.2) is 155 Å². The van der Waals surface area contributed by atoms with Crippen molar-refractivity contribution in [1.82, 2.24) is 24.9 Å². The Bertz CT molecular complexity index is 7370. The van der Waals surface area contributed by atoms with Crippen molar-refractivity contribution in [2.45, 2.75) is 33.0 Å². The second kappa shape index (κ2) is 56.7. The maximum atomic E-state index is 12.6. The van der Waals surface area contributed by atoms with Crippen molar-refractivity contribution in [3.05, 3.63) is 410 Å². The Morgan fingerprint density at radius 3 is 0.787 bits per heavy atom. The fourth-order valence-electron chi connectivity index (χ4n) is 14.3. The Balaban J connectivity index is 0.000000178. The first-order valence-electron chi connectivity index (χ1n) is 45.9. The van der Waals surface area contributed by atoms with Crippen molar-refractivity contribution in [1.29, 1.82) is 0 Å². The highest BCUT2D eigenvalue weighted by atomic mass is 16.6. The van der Waals surface area contributed by atoms with Crippen LogP contribution in [0.3, 0.4) is 0 Å². The normalized spacial score (nSPS) is 10.7. The number of hydrogen-bond donors (Lipinski definition) is 12. The molecular formula is C115H111N13O22. The number of ether oxygens (including phenoxy) is 10. The van der Waals surface area contributed by atoms with Crippen molar-refractivity contribution in [2.24, 2.45) is 0 Å². The van der Waals surface area contributed by atoms with Gasteiger partial charge in [-0.1, -0.05) is 30.3 Å². The first-order chi connectivity index (χ1) is 72.8. The van der Waals surface area contributed by atoms with E-state index in [-0.39, 0.29) is 73.2 Å². The van der Waals surface area contributed by atoms with Gasteiger partial charge < -0.3 is 111 Å². The van der Waals surface area contributed by atoms with Gasteiger partial charge in [-0.25, -0.2) is 24.9 Å². The number of hydrogen-bond acceptors (Lipinski definition) is 34. The van der Waals surface area contributed by atoms with E-state index in [0.29, 0.717) is 154 Å². The molecule has 150 heavy (non-hydrogen) atoms. The van der Waals surface area contributed by atoms with Crippen LogP contribution >= 0.6 is 0 Å². The number of aliphatic hydroxyl groups excluding tert-OH is 5. The summed E-state index contributed by atoms with van der Waals surface area (Å²) in [7, 11) is 15.2. The van der Waals surface area contributed by atoms with E-state index in [9.17, 15) is 59.6 Å². The number of benzene rings is 10. The molecule has 0 spiro atoms. The highest BCUT2D eigenvalue weighted by molar-refractivity contribution is 6.10. The van der Waals surface area contributed by atoms with Crippen LogP contribution in [-0.2, 0) is 33.0 Å². The van der Waals surface area contributed by atoms with Crippen LogP contribution in [0, 0.1) is 10.1 Å². The van der Waals surface area contributed by atoms with Gasteiger partial charge >= 0.3 is 5.69 Å². The lowest BCUT2D eigenvalue weighted by Crippen LogP contribution is -2.00. The molecule has 0 aliphatic carbocycles. The zero-order chi connectivity index (χ0) is 107. The Morgan fingerprint density at radius 1 is 0.280 bits per heavy atom. The summed E-state index contributed by atoms with van der Waals surface area (Å²) < 4.78 is 52.2. The average molecular weight is 2030 g/mol. The fourth-order valence-corrected chi connectivity index (χ4v) is 14.3. The number of allylic oxidation sites excluding steroid dienone is 5. The van der Waals surface area contributed by atoms with Crippen molar-refractivity contribution < 1.29 is 102 Å². The molecule has 14 N–H and O–H groups in total. The lowest BCUT2D eigenvalue weighted by atomic mass is 10.1. The van der Waals surface area contributed by atoms with Gasteiger partial charge in [0.1, 0.15) is 69.3 Å². The molecule has 0 amide bonds. The summed E-state index contributed by atoms with van der Waals surface area (Å²) in [6.45, 7) is -0.576. The summed E-state index contributed by atoms with van der Waals surface area (Å²) in [5.74, 6) is 7.05. The molecule has 0 saturated carbocycles. The van der Waals surface area contributed by atoms with Crippen LogP contribution < -0.4 is 85.4 Å². The zero-order valence-electron chi connectivity index (χ0n) is 83.5. The predicted octanol–water partition coefficient (Wildman–Crippen LogP) is 20.2. The monoisotopic (exact) mass is 2030 g/mol. The predicted molar refractivity (Wildman–Crippen MR) is 579 cm³/mol. The van der Waals surface area contributed by atoms with Gasteiger partial charge in [0.25, 0.3) is 0 Å². The molecule has 768 valence electrons. The molecule has 10 aromatic carbocycles. The number of ketones is 5. The lowest BCUT2D eigenvalue weighted by Gasteiger charge is -2.12. The molecule has 5 heterocycles. The van der Waals surface area contributed by atoms with E-state index in [2.05, 4.69) is 51.5 Å². The van der Waals surface area contributed by atoms with E-state index in [1.165, 1.54) is 77.0 Å². The van der Waals surface area contributed by atoms with Gasteiger partial charge in [0.2, 0.25) is 0 Å². The van der Waals surface area contributed by atoms with Crippen molar-refractivity contribution in [2.75, 3.05) is 109 Å². The minimum Gasteiger partial charge on any atom is -0.497 e. The van der Waals surface area contributed by atoms with E-state index < -0.39 is 10.7 Å². The number of aromatic nitrogens is 5. The number of anilines is 12. The van der Waals surface area contributed by atoms with Crippen molar-refractivity contribution in [3.63, 3.8) is 0 Å². The molecule has 0 bridgehead atoms. The molecule has 0 saturated heterocycles. The van der Waals surface area contributed by atoms with Gasteiger partial charge in [0.05, 0.1) is 115 Å². The molecule has 0 fully saturated rings. The average Bonchev–Trinajstić information content (AvgIpc) is 1.05. The Kier molecular flexibility index (Phi) is 42.1. The maximum absolute atomic E-state index is 12.6. The molecule has 15 rings (SSSR count). The number of carbonyl (C=O) groups is 5. The third-order valence-electron chi connectivity index (χ3n) is 22.3. The molecule has 35 nitrogen and oxygen atoms in total. The second-order valence-electron chi connectivity index (χ2n) is 31.8. The number of aliphatic hydroxyl groups is 5. The number of nitrogens with one attached hydrogen (secondary N) is 5. The summed E-state index contributed by atoms with van der Waals surface area (Å²) in [6, 6.07) is 72.6. The van der Waals surface area contributed by atoms with Gasteiger partial charge in [0.15, 0.2) is 46.2 Å². The second-order valence-corrected chi connectivity index (χ2v) is 31.8.